The summed E-state index contributed by atoms with van der Waals surface area (Å²) in [5.74, 6) is -2.19. The van der Waals surface area contributed by atoms with Gasteiger partial charge in [0.05, 0.1) is 26.4 Å². The molecule has 0 bridgehead atoms. The van der Waals surface area contributed by atoms with Crippen LogP contribution in [0.15, 0.2) is 0 Å². The zero-order valence-electron chi connectivity index (χ0n) is 65.1. The van der Waals surface area contributed by atoms with Gasteiger partial charge in [-0.2, -0.15) is 0 Å². The summed E-state index contributed by atoms with van der Waals surface area (Å²) < 4.78 is 67.9. The molecule has 100 heavy (non-hydrogen) atoms. The minimum absolute atomic E-state index is 0.0886. The van der Waals surface area contributed by atoms with Crippen molar-refractivity contribution in [2.45, 2.75) is 457 Å². The maximum absolute atomic E-state index is 13.0. The summed E-state index contributed by atoms with van der Waals surface area (Å²) in [6.45, 7) is 4.64. The predicted molar refractivity (Wildman–Crippen MR) is 405 cm³/mol. The first kappa shape index (κ1) is 98.1. The van der Waals surface area contributed by atoms with Crippen LogP contribution < -0.4 is 9.79 Å². The third-order valence-electron chi connectivity index (χ3n) is 19.1. The number of ether oxygens (including phenoxy) is 4. The molecule has 0 aromatic rings. The minimum Gasteiger partial charge on any atom is -0.756 e. The highest BCUT2D eigenvalue weighted by molar-refractivity contribution is 7.46. The molecule has 0 rings (SSSR count). The Hall–Kier alpha value is -1.94. The van der Waals surface area contributed by atoms with Gasteiger partial charge in [-0.3, -0.25) is 28.3 Å². The first-order valence-corrected chi connectivity index (χ1v) is 45.2. The van der Waals surface area contributed by atoms with Crippen LogP contribution in [0.2, 0.25) is 0 Å². The van der Waals surface area contributed by atoms with Crippen LogP contribution in [0.4, 0.5) is 0 Å². The number of esters is 4. The number of aliphatic hydroxyl groups is 1. The van der Waals surface area contributed by atoms with Crippen molar-refractivity contribution in [2.75, 3.05) is 39.6 Å². The van der Waals surface area contributed by atoms with Crippen molar-refractivity contribution < 1.29 is 80.2 Å². The topological polar surface area (TPSA) is 243 Å². The Kier molecular flexibility index (Phi) is 73.8. The summed E-state index contributed by atoms with van der Waals surface area (Å²) in [5, 5.41) is 10.6. The van der Waals surface area contributed by atoms with Crippen molar-refractivity contribution in [3.63, 3.8) is 0 Å². The van der Waals surface area contributed by atoms with Gasteiger partial charge in [-0.15, -0.1) is 0 Å². The fourth-order valence-corrected chi connectivity index (χ4v) is 14.2. The molecule has 17 nitrogen and oxygen atoms in total. The highest BCUT2D eigenvalue weighted by Crippen LogP contribution is 2.41. The SMILES string of the molecule is CCCCCCCCCCCCCCCCCC(=O)OC[C@H](COP(=O)([O-])OCC(O)COP(=O)([O-])OC[C@H](COC(=O)CCCCCCCCCCCCCCCCC)OC(=O)CCCCCCCCCCCCCCCCC)OC(=O)CCCCCCCCCCCCCCCCC. The molecule has 1 N–H and O–H groups in total. The van der Waals surface area contributed by atoms with Crippen LogP contribution in [-0.4, -0.2) is 86.9 Å². The van der Waals surface area contributed by atoms with E-state index >= 15 is 0 Å². The summed E-state index contributed by atoms with van der Waals surface area (Å²) in [6.07, 6.45) is 67.1. The molecule has 0 heterocycles. The molecule has 0 saturated carbocycles. The largest absolute Gasteiger partial charge is 0.756 e. The molecule has 0 spiro atoms. The van der Waals surface area contributed by atoms with Gasteiger partial charge in [0.1, 0.15) is 19.3 Å². The molecule has 19 heteroatoms. The van der Waals surface area contributed by atoms with Crippen LogP contribution in [0.25, 0.3) is 0 Å². The number of phosphoric ester groups is 2. The van der Waals surface area contributed by atoms with Crippen LogP contribution >= 0.6 is 15.6 Å². The van der Waals surface area contributed by atoms with Crippen LogP contribution in [0.3, 0.4) is 0 Å². The zero-order chi connectivity index (χ0) is 73.2. The minimum atomic E-state index is -5.23. The Morgan fingerprint density at radius 1 is 0.250 bits per heavy atom. The lowest BCUT2D eigenvalue weighted by Gasteiger charge is -2.28. The second kappa shape index (κ2) is 75.3. The molecule has 0 radical (unpaired) electrons. The molecular weight excluding hydrogens is 1310 g/mol. The Morgan fingerprint density at radius 2 is 0.410 bits per heavy atom. The van der Waals surface area contributed by atoms with Gasteiger partial charge in [-0.25, -0.2) is 0 Å². The van der Waals surface area contributed by atoms with Gasteiger partial charge in [0.15, 0.2) is 12.2 Å². The van der Waals surface area contributed by atoms with E-state index in [1.165, 1.54) is 270 Å². The van der Waals surface area contributed by atoms with E-state index < -0.39 is 97.5 Å². The van der Waals surface area contributed by atoms with E-state index in [0.717, 1.165) is 89.9 Å². The third kappa shape index (κ3) is 74.3. The molecule has 0 aromatic heterocycles. The van der Waals surface area contributed by atoms with Crippen LogP contribution in [-0.2, 0) is 65.4 Å². The van der Waals surface area contributed by atoms with Gasteiger partial charge in [-0.1, -0.05) is 387 Å². The smallest absolute Gasteiger partial charge is 0.306 e. The Bertz CT molecular complexity index is 1760. The van der Waals surface area contributed by atoms with Gasteiger partial charge >= 0.3 is 23.9 Å². The predicted octanol–water partition coefficient (Wildman–Crippen LogP) is 23.3. The maximum atomic E-state index is 13.0. The standard InChI is InChI=1S/C81H158O17P2/c1-5-9-13-17-21-25-29-33-37-41-45-49-53-57-61-65-78(83)91-71-76(97-80(85)67-63-59-55-51-47-43-39-35-31-27-23-19-15-11-7-3)73-95-99(87,88)93-69-75(82)70-94-100(89,90)96-74-77(98-81(86)68-64-60-56-52-48-44-40-36-32-28-24-20-16-12-8-4)72-92-79(84)66-62-58-54-50-46-42-38-34-30-26-22-18-14-10-6-2/h75-77,82H,5-74H2,1-4H3,(H,87,88)(H,89,90)/p-2/t75?,76-,77+. The summed E-state index contributed by atoms with van der Waals surface area (Å²) in [6, 6.07) is 0. The molecule has 0 aliphatic carbocycles. The van der Waals surface area contributed by atoms with Crippen LogP contribution in [0, 0.1) is 0 Å². The molecule has 0 amide bonds. The summed E-state index contributed by atoms with van der Waals surface area (Å²) in [7, 11) is -10.5. The van der Waals surface area contributed by atoms with E-state index in [0.29, 0.717) is 25.7 Å². The fraction of sp³-hybridized carbons (Fsp3) is 0.951. The summed E-state index contributed by atoms with van der Waals surface area (Å²) in [5.41, 5.74) is 0. The van der Waals surface area contributed by atoms with Gasteiger partial charge < -0.3 is 51.9 Å². The summed E-state index contributed by atoms with van der Waals surface area (Å²) >= 11 is 0. The number of hydrogen-bond acceptors (Lipinski definition) is 17. The Labute approximate surface area is 613 Å². The van der Waals surface area contributed by atoms with Gasteiger partial charge in [-0.05, 0) is 25.7 Å². The van der Waals surface area contributed by atoms with E-state index in [9.17, 15) is 43.2 Å². The van der Waals surface area contributed by atoms with Crippen molar-refractivity contribution in [2.24, 2.45) is 0 Å². The van der Waals surface area contributed by atoms with Gasteiger partial charge in [0.25, 0.3) is 15.6 Å². The van der Waals surface area contributed by atoms with Crippen molar-refractivity contribution >= 4 is 39.5 Å². The number of aliphatic hydroxyl groups excluding tert-OH is 1. The first-order valence-electron chi connectivity index (χ1n) is 42.2. The average Bonchev–Trinajstić information content (AvgIpc) is 1.01. The van der Waals surface area contributed by atoms with E-state index in [1.54, 1.807) is 0 Å². The van der Waals surface area contributed by atoms with Crippen LogP contribution in [0.1, 0.15) is 439 Å². The van der Waals surface area contributed by atoms with E-state index in [1.807, 2.05) is 0 Å². The lowest BCUT2D eigenvalue weighted by atomic mass is 10.0. The lowest BCUT2D eigenvalue weighted by Crippen LogP contribution is -2.31. The summed E-state index contributed by atoms with van der Waals surface area (Å²) in [4.78, 5) is 77.7. The molecule has 0 aliphatic rings. The highest BCUT2D eigenvalue weighted by Gasteiger charge is 2.25. The quantitative estimate of drug-likeness (QED) is 0.0257. The zero-order valence-corrected chi connectivity index (χ0v) is 66.9. The third-order valence-corrected chi connectivity index (χ3v) is 20.9. The Morgan fingerprint density at radius 3 is 0.600 bits per heavy atom. The molecular formula is C81H156O17P2-2. The van der Waals surface area contributed by atoms with Crippen molar-refractivity contribution in [3.8, 4) is 0 Å². The average molecular weight is 1460 g/mol. The van der Waals surface area contributed by atoms with E-state index in [2.05, 4.69) is 27.7 Å². The number of unbranched alkanes of at least 4 members (excludes halogenated alkanes) is 56. The molecule has 0 saturated heterocycles. The fourth-order valence-electron chi connectivity index (χ4n) is 12.6. The maximum Gasteiger partial charge on any atom is 0.306 e. The normalized spacial score (nSPS) is 13.8. The molecule has 0 fully saturated rings. The number of phosphoric acid groups is 2. The van der Waals surface area contributed by atoms with Gasteiger partial charge in [0, 0.05) is 25.7 Å². The molecule has 0 aromatic carbocycles. The Balaban J connectivity index is 5.27. The second-order valence-corrected chi connectivity index (χ2v) is 31.9. The lowest BCUT2D eigenvalue weighted by molar-refractivity contribution is -0.233. The number of rotatable bonds is 82. The molecule has 0 aliphatic heterocycles. The van der Waals surface area contributed by atoms with Crippen LogP contribution in [0.5, 0.6) is 0 Å². The molecule has 3 unspecified atom stereocenters. The first-order chi connectivity index (χ1) is 48.7. The van der Waals surface area contributed by atoms with Crippen molar-refractivity contribution in [3.05, 3.63) is 0 Å². The van der Waals surface area contributed by atoms with Gasteiger partial charge in [0.2, 0.25) is 0 Å². The van der Waals surface area contributed by atoms with Crippen molar-refractivity contribution in [1.29, 1.82) is 0 Å². The number of hydrogen-bond donors (Lipinski definition) is 1. The molecule has 5 atom stereocenters. The number of carbonyl (C=O) groups excluding carboxylic acids is 4. The highest BCUT2D eigenvalue weighted by atomic mass is 31.2. The monoisotopic (exact) mass is 1460 g/mol. The second-order valence-electron chi connectivity index (χ2n) is 29.1. The van der Waals surface area contributed by atoms with E-state index in [-0.39, 0.29) is 25.7 Å². The van der Waals surface area contributed by atoms with Crippen molar-refractivity contribution in [1.82, 2.24) is 0 Å². The molecule has 594 valence electrons. The van der Waals surface area contributed by atoms with E-state index in [4.69, 9.17) is 37.0 Å². The number of carbonyl (C=O) groups is 4.